The number of aromatic nitrogens is 3. The molecule has 0 aliphatic rings. The molecule has 2 rings (SSSR count). The second kappa shape index (κ2) is 2.90. The fraction of sp³-hybridized carbons (Fsp3) is 0.111. The second-order valence-electron chi connectivity index (χ2n) is 2.81. The van der Waals surface area contributed by atoms with Crippen LogP contribution in [0, 0.1) is 0 Å². The lowest BCUT2D eigenvalue weighted by Gasteiger charge is -1.96. The molecule has 0 aliphatic heterocycles. The van der Waals surface area contributed by atoms with Crippen molar-refractivity contribution in [2.75, 3.05) is 5.73 Å². The van der Waals surface area contributed by atoms with Gasteiger partial charge in [0.1, 0.15) is 11.5 Å². The van der Waals surface area contributed by atoms with E-state index in [2.05, 4.69) is 10.3 Å². The van der Waals surface area contributed by atoms with Crippen LogP contribution in [0.25, 0.3) is 11.3 Å². The largest absolute Gasteiger partial charge is 0.382 e. The first-order chi connectivity index (χ1) is 6.29. The number of anilines is 1. The molecular weight excluding hydrogens is 164 g/mol. The van der Waals surface area contributed by atoms with Crippen molar-refractivity contribution in [1.82, 2.24) is 15.0 Å². The minimum atomic E-state index is 0.589. The zero-order valence-electron chi connectivity index (χ0n) is 7.31. The summed E-state index contributed by atoms with van der Waals surface area (Å²) in [5.74, 6) is 0.589. The topological polar surface area (TPSA) is 56.7 Å². The molecule has 0 fully saturated rings. The summed E-state index contributed by atoms with van der Waals surface area (Å²) in [6.07, 6.45) is 0. The molecule has 2 aromatic rings. The van der Waals surface area contributed by atoms with Crippen LogP contribution < -0.4 is 5.73 Å². The van der Waals surface area contributed by atoms with Crippen LogP contribution in [0.2, 0.25) is 0 Å². The molecule has 0 saturated carbocycles. The number of benzene rings is 1. The van der Waals surface area contributed by atoms with Crippen molar-refractivity contribution in [1.29, 1.82) is 0 Å². The first-order valence-electron chi connectivity index (χ1n) is 3.99. The maximum absolute atomic E-state index is 5.77. The highest BCUT2D eigenvalue weighted by molar-refractivity contribution is 5.69. The predicted molar refractivity (Wildman–Crippen MR) is 50.9 cm³/mol. The summed E-state index contributed by atoms with van der Waals surface area (Å²) >= 11 is 0. The van der Waals surface area contributed by atoms with E-state index in [9.17, 15) is 0 Å². The number of aryl methyl sites for hydroxylation is 1. The lowest BCUT2D eigenvalue weighted by molar-refractivity contribution is 0.723. The van der Waals surface area contributed by atoms with E-state index in [0.29, 0.717) is 5.82 Å². The molecule has 2 N–H and O–H groups in total. The van der Waals surface area contributed by atoms with Gasteiger partial charge in [-0.1, -0.05) is 35.5 Å². The van der Waals surface area contributed by atoms with E-state index in [4.69, 9.17) is 5.73 Å². The summed E-state index contributed by atoms with van der Waals surface area (Å²) in [6, 6.07) is 9.77. The standard InChI is InChI=1S/C9H10N4/c1-13-9(10)8(11-12-13)7-5-3-2-4-6-7/h2-6H,10H2,1H3. The van der Waals surface area contributed by atoms with Crippen LogP contribution in [-0.2, 0) is 7.05 Å². The van der Waals surface area contributed by atoms with E-state index in [1.807, 2.05) is 30.3 Å². The van der Waals surface area contributed by atoms with Crippen molar-refractivity contribution in [3.8, 4) is 11.3 Å². The van der Waals surface area contributed by atoms with E-state index in [1.165, 1.54) is 0 Å². The number of hydrogen-bond acceptors (Lipinski definition) is 3. The van der Waals surface area contributed by atoms with Crippen molar-refractivity contribution in [3.05, 3.63) is 30.3 Å². The lowest BCUT2D eigenvalue weighted by Crippen LogP contribution is -1.97. The Balaban J connectivity index is 2.53. The molecule has 1 aromatic carbocycles. The van der Waals surface area contributed by atoms with Gasteiger partial charge in [-0.05, 0) is 0 Å². The average molecular weight is 174 g/mol. The van der Waals surface area contributed by atoms with Crippen LogP contribution in [0.15, 0.2) is 30.3 Å². The zero-order valence-corrected chi connectivity index (χ0v) is 7.31. The fourth-order valence-corrected chi connectivity index (χ4v) is 1.17. The third-order valence-corrected chi connectivity index (χ3v) is 1.92. The molecule has 1 heterocycles. The molecule has 0 bridgehead atoms. The van der Waals surface area contributed by atoms with Gasteiger partial charge >= 0.3 is 0 Å². The maximum atomic E-state index is 5.77. The van der Waals surface area contributed by atoms with Gasteiger partial charge in [0.25, 0.3) is 0 Å². The smallest absolute Gasteiger partial charge is 0.150 e. The molecule has 0 atom stereocenters. The first-order valence-corrected chi connectivity index (χ1v) is 3.99. The molecule has 0 unspecified atom stereocenters. The van der Waals surface area contributed by atoms with Gasteiger partial charge in [0.15, 0.2) is 0 Å². The van der Waals surface area contributed by atoms with Crippen LogP contribution in [0.3, 0.4) is 0 Å². The van der Waals surface area contributed by atoms with E-state index in [-0.39, 0.29) is 0 Å². The van der Waals surface area contributed by atoms with Crippen LogP contribution >= 0.6 is 0 Å². The summed E-state index contributed by atoms with van der Waals surface area (Å²) in [4.78, 5) is 0. The summed E-state index contributed by atoms with van der Waals surface area (Å²) in [5.41, 5.74) is 7.51. The Morgan fingerprint density at radius 2 is 1.92 bits per heavy atom. The highest BCUT2D eigenvalue weighted by Gasteiger charge is 2.07. The third kappa shape index (κ3) is 1.26. The van der Waals surface area contributed by atoms with Gasteiger partial charge in [-0.2, -0.15) is 0 Å². The summed E-state index contributed by atoms with van der Waals surface area (Å²) < 4.78 is 1.56. The molecule has 0 amide bonds. The lowest BCUT2D eigenvalue weighted by atomic mass is 10.1. The predicted octanol–water partition coefficient (Wildman–Crippen LogP) is 1.06. The monoisotopic (exact) mass is 174 g/mol. The third-order valence-electron chi connectivity index (χ3n) is 1.92. The highest BCUT2D eigenvalue weighted by atomic mass is 15.4. The first kappa shape index (κ1) is 7.79. The van der Waals surface area contributed by atoms with Crippen molar-refractivity contribution in [2.24, 2.45) is 7.05 Å². The average Bonchev–Trinajstić information content (AvgIpc) is 2.49. The Morgan fingerprint density at radius 1 is 1.23 bits per heavy atom. The van der Waals surface area contributed by atoms with Crippen LogP contribution in [-0.4, -0.2) is 15.0 Å². The maximum Gasteiger partial charge on any atom is 0.150 e. The van der Waals surface area contributed by atoms with Crippen molar-refractivity contribution >= 4 is 5.82 Å². The molecule has 0 radical (unpaired) electrons. The van der Waals surface area contributed by atoms with Crippen LogP contribution in [0.5, 0.6) is 0 Å². The molecule has 4 nitrogen and oxygen atoms in total. The molecular formula is C9H10N4. The molecule has 0 saturated heterocycles. The molecule has 1 aromatic heterocycles. The van der Waals surface area contributed by atoms with E-state index in [1.54, 1.807) is 11.7 Å². The molecule has 13 heavy (non-hydrogen) atoms. The number of nitrogens with two attached hydrogens (primary N) is 1. The van der Waals surface area contributed by atoms with Crippen LogP contribution in [0.1, 0.15) is 0 Å². The van der Waals surface area contributed by atoms with Crippen molar-refractivity contribution < 1.29 is 0 Å². The van der Waals surface area contributed by atoms with E-state index >= 15 is 0 Å². The second-order valence-corrected chi connectivity index (χ2v) is 2.81. The minimum Gasteiger partial charge on any atom is -0.382 e. The molecule has 0 aliphatic carbocycles. The van der Waals surface area contributed by atoms with Crippen molar-refractivity contribution in [2.45, 2.75) is 0 Å². The van der Waals surface area contributed by atoms with Crippen molar-refractivity contribution in [3.63, 3.8) is 0 Å². The van der Waals surface area contributed by atoms with Gasteiger partial charge in [-0.3, -0.25) is 0 Å². The van der Waals surface area contributed by atoms with Gasteiger partial charge in [0, 0.05) is 12.6 Å². The Morgan fingerprint density at radius 3 is 2.46 bits per heavy atom. The Bertz CT molecular complexity index is 405. The normalized spacial score (nSPS) is 10.2. The van der Waals surface area contributed by atoms with Gasteiger partial charge in [0.05, 0.1) is 0 Å². The number of hydrogen-bond donors (Lipinski definition) is 1. The minimum absolute atomic E-state index is 0.589. The molecule has 0 spiro atoms. The molecule has 4 heteroatoms. The molecule has 66 valence electrons. The summed E-state index contributed by atoms with van der Waals surface area (Å²) in [5, 5.41) is 7.81. The Hall–Kier alpha value is -1.84. The SMILES string of the molecule is Cn1nnc(-c2ccccc2)c1N. The summed E-state index contributed by atoms with van der Waals surface area (Å²) in [6.45, 7) is 0. The Labute approximate surface area is 76.0 Å². The quantitative estimate of drug-likeness (QED) is 0.703. The van der Waals surface area contributed by atoms with Gasteiger partial charge < -0.3 is 5.73 Å². The number of nitrogen functional groups attached to an aromatic ring is 1. The number of nitrogens with zero attached hydrogens (tertiary/aromatic N) is 3. The van der Waals surface area contributed by atoms with E-state index in [0.717, 1.165) is 11.3 Å². The van der Waals surface area contributed by atoms with Gasteiger partial charge in [-0.15, -0.1) is 5.10 Å². The van der Waals surface area contributed by atoms with Crippen LogP contribution in [0.4, 0.5) is 5.82 Å². The highest BCUT2D eigenvalue weighted by Crippen LogP contribution is 2.21. The van der Waals surface area contributed by atoms with Gasteiger partial charge in [-0.25, -0.2) is 4.68 Å². The zero-order chi connectivity index (χ0) is 9.26. The fourth-order valence-electron chi connectivity index (χ4n) is 1.17. The Kier molecular flexibility index (Phi) is 1.73. The summed E-state index contributed by atoms with van der Waals surface area (Å²) in [7, 11) is 1.77. The number of rotatable bonds is 1. The van der Waals surface area contributed by atoms with E-state index < -0.39 is 0 Å². The van der Waals surface area contributed by atoms with Gasteiger partial charge in [0.2, 0.25) is 0 Å².